The molecule has 2 amide bonds. The van der Waals surface area contributed by atoms with Crippen molar-refractivity contribution in [1.82, 2.24) is 16.0 Å². The third-order valence-electron chi connectivity index (χ3n) is 3.74. The molecule has 0 spiro atoms. The molecule has 1 unspecified atom stereocenters. The summed E-state index contributed by atoms with van der Waals surface area (Å²) in [4.78, 5) is 23.7. The molecular formula is C16H22BrN3O2. The Kier molecular flexibility index (Phi) is 6.39. The molecule has 1 saturated heterocycles. The van der Waals surface area contributed by atoms with Crippen LogP contribution in [-0.4, -0.2) is 30.9 Å². The van der Waals surface area contributed by atoms with Crippen LogP contribution >= 0.6 is 15.9 Å². The Morgan fingerprint density at radius 2 is 1.91 bits per heavy atom. The average molecular weight is 368 g/mol. The van der Waals surface area contributed by atoms with Gasteiger partial charge in [-0.2, -0.15) is 0 Å². The Bertz CT molecular complexity index is 513. The summed E-state index contributed by atoms with van der Waals surface area (Å²) in [5.41, 5.74) is 0.930. The Balaban J connectivity index is 1.97. The van der Waals surface area contributed by atoms with E-state index in [0.717, 1.165) is 36.0 Å². The van der Waals surface area contributed by atoms with Crippen LogP contribution in [0.25, 0.3) is 0 Å². The molecule has 0 bridgehead atoms. The van der Waals surface area contributed by atoms with Crippen molar-refractivity contribution in [3.63, 3.8) is 0 Å². The van der Waals surface area contributed by atoms with Gasteiger partial charge in [0.25, 0.3) is 0 Å². The third-order valence-corrected chi connectivity index (χ3v) is 4.27. The van der Waals surface area contributed by atoms with Crippen LogP contribution in [0.15, 0.2) is 28.7 Å². The van der Waals surface area contributed by atoms with Crippen molar-refractivity contribution >= 4 is 27.7 Å². The van der Waals surface area contributed by atoms with Gasteiger partial charge < -0.3 is 16.0 Å². The highest BCUT2D eigenvalue weighted by molar-refractivity contribution is 9.10. The molecule has 2 rings (SSSR count). The number of carbonyl (C=O) groups is 2. The second-order valence-electron chi connectivity index (χ2n) is 5.60. The molecule has 1 fully saturated rings. The molecule has 0 radical (unpaired) electrons. The standard InChI is InChI=1S/C16H22BrN3O2/c1-11(21)19-15(12-2-4-13(17)5-3-12)10-16(22)20-14-6-8-18-9-7-14/h2-5,14-15,18H,6-10H2,1H3,(H,19,21)(H,20,22). The molecule has 1 atom stereocenters. The van der Waals surface area contributed by atoms with Gasteiger partial charge in [-0.15, -0.1) is 0 Å². The quantitative estimate of drug-likeness (QED) is 0.743. The summed E-state index contributed by atoms with van der Waals surface area (Å²) < 4.78 is 0.969. The van der Waals surface area contributed by atoms with Crippen molar-refractivity contribution in [3.05, 3.63) is 34.3 Å². The molecule has 22 heavy (non-hydrogen) atoms. The number of amides is 2. The van der Waals surface area contributed by atoms with Gasteiger partial charge in [-0.05, 0) is 43.6 Å². The molecule has 6 heteroatoms. The summed E-state index contributed by atoms with van der Waals surface area (Å²) in [5, 5.41) is 9.19. The average Bonchev–Trinajstić information content (AvgIpc) is 2.48. The van der Waals surface area contributed by atoms with Gasteiger partial charge in [-0.3, -0.25) is 9.59 Å². The largest absolute Gasteiger partial charge is 0.353 e. The fourth-order valence-electron chi connectivity index (χ4n) is 2.63. The lowest BCUT2D eigenvalue weighted by molar-refractivity contribution is -0.123. The Hall–Kier alpha value is -1.40. The molecule has 1 aromatic rings. The first kappa shape index (κ1) is 17.0. The zero-order valence-electron chi connectivity index (χ0n) is 12.7. The Morgan fingerprint density at radius 3 is 2.50 bits per heavy atom. The number of rotatable bonds is 5. The number of benzene rings is 1. The Labute approximate surface area is 139 Å². The second kappa shape index (κ2) is 8.29. The topological polar surface area (TPSA) is 70.2 Å². The molecule has 1 aliphatic rings. The van der Waals surface area contributed by atoms with Crippen LogP contribution in [0.4, 0.5) is 0 Å². The van der Waals surface area contributed by atoms with Gasteiger partial charge in [-0.25, -0.2) is 0 Å². The Morgan fingerprint density at radius 1 is 1.27 bits per heavy atom. The number of hydrogen-bond donors (Lipinski definition) is 3. The lowest BCUT2D eigenvalue weighted by Crippen LogP contribution is -2.43. The number of nitrogens with one attached hydrogen (secondary N) is 3. The van der Waals surface area contributed by atoms with Crippen LogP contribution in [0.5, 0.6) is 0 Å². The van der Waals surface area contributed by atoms with Gasteiger partial charge >= 0.3 is 0 Å². The molecule has 120 valence electrons. The summed E-state index contributed by atoms with van der Waals surface area (Å²) in [6, 6.07) is 7.60. The van der Waals surface area contributed by atoms with Crippen LogP contribution in [0.3, 0.4) is 0 Å². The summed E-state index contributed by atoms with van der Waals surface area (Å²) in [7, 11) is 0. The number of carbonyl (C=O) groups excluding carboxylic acids is 2. The highest BCUT2D eigenvalue weighted by atomic mass is 79.9. The van der Waals surface area contributed by atoms with Crippen LogP contribution < -0.4 is 16.0 Å². The number of hydrogen-bond acceptors (Lipinski definition) is 3. The van der Waals surface area contributed by atoms with Crippen molar-refractivity contribution in [2.45, 2.75) is 38.3 Å². The summed E-state index contributed by atoms with van der Waals surface area (Å²) in [6.45, 7) is 3.34. The highest BCUT2D eigenvalue weighted by Crippen LogP contribution is 2.20. The normalized spacial score (nSPS) is 16.8. The molecule has 1 aromatic carbocycles. The summed E-state index contributed by atoms with van der Waals surface area (Å²) in [6.07, 6.45) is 2.16. The fourth-order valence-corrected chi connectivity index (χ4v) is 2.90. The molecule has 0 saturated carbocycles. The molecule has 1 aliphatic heterocycles. The number of halogens is 1. The zero-order valence-corrected chi connectivity index (χ0v) is 14.3. The van der Waals surface area contributed by atoms with Crippen molar-refractivity contribution < 1.29 is 9.59 Å². The van der Waals surface area contributed by atoms with Crippen LogP contribution in [0, 0.1) is 0 Å². The molecule has 1 heterocycles. The van der Waals surface area contributed by atoms with E-state index in [9.17, 15) is 9.59 Å². The predicted molar refractivity (Wildman–Crippen MR) is 89.4 cm³/mol. The minimum atomic E-state index is -0.299. The lowest BCUT2D eigenvalue weighted by Gasteiger charge is -2.25. The van der Waals surface area contributed by atoms with E-state index >= 15 is 0 Å². The third kappa shape index (κ3) is 5.42. The van der Waals surface area contributed by atoms with Crippen LogP contribution in [0.2, 0.25) is 0 Å². The first-order valence-corrected chi connectivity index (χ1v) is 8.36. The van der Waals surface area contributed by atoms with Crippen molar-refractivity contribution in [2.75, 3.05) is 13.1 Å². The van der Waals surface area contributed by atoms with Crippen LogP contribution in [-0.2, 0) is 9.59 Å². The molecule has 0 aromatic heterocycles. The van der Waals surface area contributed by atoms with E-state index in [2.05, 4.69) is 31.9 Å². The first-order chi connectivity index (χ1) is 10.5. The molecule has 0 aliphatic carbocycles. The highest BCUT2D eigenvalue weighted by Gasteiger charge is 2.20. The van der Waals surface area contributed by atoms with Gasteiger partial charge in [-0.1, -0.05) is 28.1 Å². The lowest BCUT2D eigenvalue weighted by atomic mass is 10.0. The smallest absolute Gasteiger partial charge is 0.222 e. The maximum atomic E-state index is 12.3. The van der Waals surface area contributed by atoms with E-state index in [4.69, 9.17) is 0 Å². The minimum Gasteiger partial charge on any atom is -0.353 e. The van der Waals surface area contributed by atoms with Crippen molar-refractivity contribution in [1.29, 1.82) is 0 Å². The monoisotopic (exact) mass is 367 g/mol. The first-order valence-electron chi connectivity index (χ1n) is 7.57. The SMILES string of the molecule is CC(=O)NC(CC(=O)NC1CCNCC1)c1ccc(Br)cc1. The van der Waals surface area contributed by atoms with E-state index in [0.29, 0.717) is 0 Å². The van der Waals surface area contributed by atoms with E-state index in [1.54, 1.807) is 0 Å². The van der Waals surface area contributed by atoms with Gasteiger partial charge in [0.15, 0.2) is 0 Å². The number of piperidine rings is 1. The van der Waals surface area contributed by atoms with Gasteiger partial charge in [0.2, 0.25) is 11.8 Å². The predicted octanol–water partition coefficient (Wildman–Crippen LogP) is 1.88. The summed E-state index contributed by atoms with van der Waals surface area (Å²) in [5.74, 6) is -0.156. The molecule has 5 nitrogen and oxygen atoms in total. The maximum absolute atomic E-state index is 12.3. The molecule has 3 N–H and O–H groups in total. The van der Waals surface area contributed by atoms with E-state index < -0.39 is 0 Å². The van der Waals surface area contributed by atoms with E-state index in [-0.39, 0.29) is 30.3 Å². The maximum Gasteiger partial charge on any atom is 0.222 e. The van der Waals surface area contributed by atoms with Crippen molar-refractivity contribution in [2.24, 2.45) is 0 Å². The van der Waals surface area contributed by atoms with Crippen LogP contribution in [0.1, 0.15) is 37.8 Å². The van der Waals surface area contributed by atoms with Gasteiger partial charge in [0.1, 0.15) is 0 Å². The zero-order chi connectivity index (χ0) is 15.9. The van der Waals surface area contributed by atoms with E-state index in [1.165, 1.54) is 6.92 Å². The van der Waals surface area contributed by atoms with Gasteiger partial charge in [0.05, 0.1) is 12.5 Å². The minimum absolute atomic E-state index is 0.0198. The van der Waals surface area contributed by atoms with E-state index in [1.807, 2.05) is 24.3 Å². The fraction of sp³-hybridized carbons (Fsp3) is 0.500. The summed E-state index contributed by atoms with van der Waals surface area (Å²) >= 11 is 3.39. The van der Waals surface area contributed by atoms with Crippen molar-refractivity contribution in [3.8, 4) is 0 Å². The second-order valence-corrected chi connectivity index (χ2v) is 6.52. The van der Waals surface area contributed by atoms with Gasteiger partial charge in [0, 0.05) is 17.4 Å². The molecular weight excluding hydrogens is 346 g/mol.